The minimum atomic E-state index is -1.00. The molecule has 1 rings (SSSR count). The molecule has 0 heterocycles. The summed E-state index contributed by atoms with van der Waals surface area (Å²) in [6, 6.07) is 5.23. The van der Waals surface area contributed by atoms with Crippen molar-refractivity contribution in [3.8, 4) is 18.1 Å². The average Bonchev–Trinajstić information content (AvgIpc) is 2.16. The molecule has 3 nitrogen and oxygen atoms in total. The summed E-state index contributed by atoms with van der Waals surface area (Å²) in [5.74, 6) is 1.97. The predicted octanol–water partition coefficient (Wildman–Crippen LogP) is 1.44. The fourth-order valence-corrected chi connectivity index (χ4v) is 0.985. The van der Waals surface area contributed by atoms with Crippen LogP contribution < -0.4 is 4.74 Å². The molecule has 0 aliphatic rings. The number of ether oxygens (including phenoxy) is 1. The van der Waals surface area contributed by atoms with Gasteiger partial charge < -0.3 is 9.84 Å². The van der Waals surface area contributed by atoms with Gasteiger partial charge in [-0.25, -0.2) is 4.79 Å². The Labute approximate surface area is 82.3 Å². The van der Waals surface area contributed by atoms with Crippen LogP contribution in [0.15, 0.2) is 18.2 Å². The Balaban J connectivity index is 2.85. The quantitative estimate of drug-likeness (QED) is 0.733. The van der Waals surface area contributed by atoms with Crippen LogP contribution >= 0.6 is 0 Å². The summed E-state index contributed by atoms with van der Waals surface area (Å²) in [4.78, 5) is 10.3. The number of carbonyl (C=O) groups is 1. The maximum Gasteiger partial charge on any atom is 0.341 e. The third kappa shape index (κ3) is 2.53. The van der Waals surface area contributed by atoms with Gasteiger partial charge in [0.2, 0.25) is 0 Å². The van der Waals surface area contributed by atoms with Crippen LogP contribution in [0.25, 0.3) is 0 Å². The van der Waals surface area contributed by atoms with Crippen molar-refractivity contribution in [2.75, 3.05) is 6.61 Å². The van der Waals surface area contributed by atoms with Crippen LogP contribution in [0.2, 0.25) is 0 Å². The van der Waals surface area contributed by atoms with Crippen molar-refractivity contribution in [1.82, 2.24) is 0 Å². The molecule has 14 heavy (non-hydrogen) atoms. The topological polar surface area (TPSA) is 46.5 Å². The molecule has 0 bridgehead atoms. The first-order valence-corrected chi connectivity index (χ1v) is 4.05. The van der Waals surface area contributed by atoms with Crippen molar-refractivity contribution in [2.24, 2.45) is 0 Å². The Morgan fingerprint density at radius 3 is 2.93 bits per heavy atom. The highest BCUT2D eigenvalue weighted by Crippen LogP contribution is 2.18. The van der Waals surface area contributed by atoms with Crippen LogP contribution in [0, 0.1) is 19.3 Å². The van der Waals surface area contributed by atoms with Gasteiger partial charge in [0.15, 0.2) is 6.61 Å². The monoisotopic (exact) mass is 190 g/mol. The molecule has 0 saturated carbocycles. The molecule has 0 amide bonds. The fraction of sp³-hybridized carbons (Fsp3) is 0.182. The highest BCUT2D eigenvalue weighted by atomic mass is 16.5. The van der Waals surface area contributed by atoms with E-state index in [0.29, 0.717) is 11.3 Å². The number of aliphatic carboxylic acids is 1. The van der Waals surface area contributed by atoms with E-state index in [2.05, 4.69) is 5.92 Å². The smallest absolute Gasteiger partial charge is 0.341 e. The molecule has 1 aromatic carbocycles. The van der Waals surface area contributed by atoms with Crippen molar-refractivity contribution in [3.63, 3.8) is 0 Å². The zero-order valence-electron chi connectivity index (χ0n) is 7.78. The highest BCUT2D eigenvalue weighted by molar-refractivity contribution is 5.68. The molecule has 0 unspecified atom stereocenters. The fourth-order valence-electron chi connectivity index (χ4n) is 0.985. The van der Waals surface area contributed by atoms with Crippen molar-refractivity contribution in [3.05, 3.63) is 29.3 Å². The van der Waals surface area contributed by atoms with Crippen molar-refractivity contribution < 1.29 is 14.6 Å². The van der Waals surface area contributed by atoms with Crippen LogP contribution in [-0.2, 0) is 4.79 Å². The molecule has 0 fully saturated rings. The summed E-state index contributed by atoms with van der Waals surface area (Å²) in [5, 5.41) is 8.43. The van der Waals surface area contributed by atoms with E-state index in [-0.39, 0.29) is 6.61 Å². The lowest BCUT2D eigenvalue weighted by Gasteiger charge is -2.06. The van der Waals surface area contributed by atoms with Crippen LogP contribution in [0.5, 0.6) is 5.75 Å². The van der Waals surface area contributed by atoms with Gasteiger partial charge in [-0.1, -0.05) is 12.0 Å². The molecule has 3 heteroatoms. The second-order valence-corrected chi connectivity index (χ2v) is 2.81. The van der Waals surface area contributed by atoms with Gasteiger partial charge in [-0.15, -0.1) is 6.42 Å². The van der Waals surface area contributed by atoms with Crippen LogP contribution in [0.4, 0.5) is 0 Å². The Hall–Kier alpha value is -1.95. The molecule has 0 radical (unpaired) electrons. The molecule has 0 saturated heterocycles. The maximum absolute atomic E-state index is 10.3. The van der Waals surface area contributed by atoms with E-state index in [9.17, 15) is 4.79 Å². The molecule has 72 valence electrons. The number of terminal acetylenes is 1. The molecule has 1 aromatic rings. The van der Waals surface area contributed by atoms with Crippen LogP contribution in [0.3, 0.4) is 0 Å². The summed E-state index contributed by atoms with van der Waals surface area (Å²) in [6.07, 6.45) is 5.20. The summed E-state index contributed by atoms with van der Waals surface area (Å²) < 4.78 is 5.05. The third-order valence-electron chi connectivity index (χ3n) is 1.71. The number of rotatable bonds is 3. The third-order valence-corrected chi connectivity index (χ3v) is 1.71. The zero-order chi connectivity index (χ0) is 10.6. The molecule has 0 aromatic heterocycles. The molecule has 0 aliphatic carbocycles. The molecule has 0 atom stereocenters. The Morgan fingerprint density at radius 1 is 1.64 bits per heavy atom. The standard InChI is InChI=1S/C11H10O3/c1-3-9-5-4-8(2)10(6-9)14-7-11(12)13/h1,4-6H,7H2,2H3,(H,12,13). The lowest BCUT2D eigenvalue weighted by molar-refractivity contribution is -0.139. The largest absolute Gasteiger partial charge is 0.482 e. The molecular weight excluding hydrogens is 180 g/mol. The predicted molar refractivity (Wildman–Crippen MR) is 52.2 cm³/mol. The van der Waals surface area contributed by atoms with Gasteiger partial charge in [-0.05, 0) is 24.6 Å². The first-order valence-electron chi connectivity index (χ1n) is 4.05. The highest BCUT2D eigenvalue weighted by Gasteiger charge is 2.03. The number of aryl methyl sites for hydroxylation is 1. The normalized spacial score (nSPS) is 9.14. The van der Waals surface area contributed by atoms with E-state index in [1.165, 1.54) is 0 Å². The molecule has 0 spiro atoms. The van der Waals surface area contributed by atoms with E-state index in [4.69, 9.17) is 16.3 Å². The van der Waals surface area contributed by atoms with Crippen molar-refractivity contribution in [1.29, 1.82) is 0 Å². The lowest BCUT2D eigenvalue weighted by atomic mass is 10.1. The van der Waals surface area contributed by atoms with Crippen molar-refractivity contribution >= 4 is 5.97 Å². The van der Waals surface area contributed by atoms with Gasteiger partial charge in [-0.2, -0.15) is 0 Å². The first kappa shape index (κ1) is 10.1. The van der Waals surface area contributed by atoms with Crippen LogP contribution in [0.1, 0.15) is 11.1 Å². The van der Waals surface area contributed by atoms with Gasteiger partial charge in [0, 0.05) is 5.56 Å². The van der Waals surface area contributed by atoms with Gasteiger partial charge in [0.25, 0.3) is 0 Å². The van der Waals surface area contributed by atoms with E-state index in [1.54, 1.807) is 18.2 Å². The summed E-state index contributed by atoms with van der Waals surface area (Å²) in [7, 11) is 0. The van der Waals surface area contributed by atoms with E-state index >= 15 is 0 Å². The maximum atomic E-state index is 10.3. The van der Waals surface area contributed by atoms with E-state index in [0.717, 1.165) is 5.56 Å². The number of hydrogen-bond acceptors (Lipinski definition) is 2. The van der Waals surface area contributed by atoms with E-state index < -0.39 is 5.97 Å². The first-order chi connectivity index (χ1) is 6.63. The molecular formula is C11H10O3. The zero-order valence-corrected chi connectivity index (χ0v) is 7.78. The lowest BCUT2D eigenvalue weighted by Crippen LogP contribution is -2.10. The number of carboxylic acid groups (broad SMARTS) is 1. The van der Waals surface area contributed by atoms with E-state index in [1.807, 2.05) is 6.92 Å². The summed E-state index contributed by atoms with van der Waals surface area (Å²) >= 11 is 0. The van der Waals surface area contributed by atoms with Crippen molar-refractivity contribution in [2.45, 2.75) is 6.92 Å². The molecule has 1 N–H and O–H groups in total. The minimum Gasteiger partial charge on any atom is -0.482 e. The number of carboxylic acids is 1. The Morgan fingerprint density at radius 2 is 2.36 bits per heavy atom. The van der Waals surface area contributed by atoms with Gasteiger partial charge in [0.05, 0.1) is 0 Å². The van der Waals surface area contributed by atoms with Gasteiger partial charge >= 0.3 is 5.97 Å². The number of hydrogen-bond donors (Lipinski definition) is 1. The SMILES string of the molecule is C#Cc1ccc(C)c(OCC(=O)O)c1. The second-order valence-electron chi connectivity index (χ2n) is 2.81. The van der Waals surface area contributed by atoms with Crippen LogP contribution in [-0.4, -0.2) is 17.7 Å². The second kappa shape index (κ2) is 4.33. The number of benzene rings is 1. The van der Waals surface area contributed by atoms with Gasteiger partial charge in [0.1, 0.15) is 5.75 Å². The average molecular weight is 190 g/mol. The Bertz CT molecular complexity index is 388. The van der Waals surface area contributed by atoms with Gasteiger partial charge in [-0.3, -0.25) is 0 Å². The summed E-state index contributed by atoms with van der Waals surface area (Å²) in [5.41, 5.74) is 1.54. The minimum absolute atomic E-state index is 0.352. The Kier molecular flexibility index (Phi) is 3.14. The molecule has 0 aliphatic heterocycles. The summed E-state index contributed by atoms with van der Waals surface area (Å²) in [6.45, 7) is 1.48.